The van der Waals surface area contributed by atoms with Crippen LogP contribution in [0, 0.1) is 0 Å². The third kappa shape index (κ3) is 2.95. The first kappa shape index (κ1) is 14.1. The van der Waals surface area contributed by atoms with E-state index >= 15 is 0 Å². The molecule has 1 aliphatic rings. The summed E-state index contributed by atoms with van der Waals surface area (Å²) in [6.07, 6.45) is 4.32. The number of carbonyl (C=O) groups excluding carboxylic acids is 1. The van der Waals surface area contributed by atoms with E-state index in [2.05, 4.69) is 41.1 Å². The van der Waals surface area contributed by atoms with Gasteiger partial charge in [-0.25, -0.2) is 0 Å². The number of nitrogens with one attached hydrogen (secondary N) is 1. The number of nitrogens with zero attached hydrogens (tertiary/aromatic N) is 2. The second-order valence-electron chi connectivity index (χ2n) is 5.66. The Morgan fingerprint density at radius 2 is 2.05 bits per heavy atom. The zero-order valence-electron chi connectivity index (χ0n) is 12.6. The van der Waals surface area contributed by atoms with Crippen LogP contribution < -0.4 is 5.32 Å². The molecule has 0 radical (unpaired) electrons. The molecule has 1 saturated heterocycles. The fourth-order valence-corrected chi connectivity index (χ4v) is 3.05. The minimum Gasteiger partial charge on any atom is -0.341 e. The lowest BCUT2D eigenvalue weighted by atomic mass is 10.1. The van der Waals surface area contributed by atoms with Crippen molar-refractivity contribution in [3.63, 3.8) is 0 Å². The molecule has 3 rings (SSSR count). The number of fused-ring (bicyclic) bond motifs is 1. The van der Waals surface area contributed by atoms with Gasteiger partial charge in [-0.2, -0.15) is 0 Å². The molecule has 21 heavy (non-hydrogen) atoms. The van der Waals surface area contributed by atoms with Crippen molar-refractivity contribution in [1.29, 1.82) is 0 Å². The topological polar surface area (TPSA) is 37.3 Å². The molecule has 112 valence electrons. The van der Waals surface area contributed by atoms with Gasteiger partial charge in [-0.3, -0.25) is 4.79 Å². The van der Waals surface area contributed by atoms with Crippen LogP contribution in [0.25, 0.3) is 10.9 Å². The van der Waals surface area contributed by atoms with Crippen molar-refractivity contribution in [2.24, 2.45) is 0 Å². The fourth-order valence-electron chi connectivity index (χ4n) is 3.05. The van der Waals surface area contributed by atoms with Crippen LogP contribution in [0.1, 0.15) is 25.3 Å². The molecule has 0 unspecified atom stereocenters. The van der Waals surface area contributed by atoms with Crippen LogP contribution in [0.2, 0.25) is 0 Å². The quantitative estimate of drug-likeness (QED) is 0.916. The number of rotatable bonds is 5. The first-order chi connectivity index (χ1) is 10.3. The Morgan fingerprint density at radius 1 is 1.24 bits per heavy atom. The number of aromatic nitrogens is 1. The minimum atomic E-state index is 0.238. The minimum absolute atomic E-state index is 0.238. The van der Waals surface area contributed by atoms with Crippen LogP contribution in [-0.2, 0) is 17.9 Å². The number of carbonyl (C=O) groups is 1. The Hall–Kier alpha value is -1.81. The Bertz CT molecular complexity index is 626. The zero-order chi connectivity index (χ0) is 14.7. The Labute approximate surface area is 125 Å². The molecule has 1 N–H and O–H groups in total. The highest BCUT2D eigenvalue weighted by Gasteiger charge is 2.18. The normalized spacial score (nSPS) is 15.0. The summed E-state index contributed by atoms with van der Waals surface area (Å²) in [6, 6.07) is 8.45. The predicted molar refractivity (Wildman–Crippen MR) is 85.1 cm³/mol. The average molecular weight is 285 g/mol. The zero-order valence-corrected chi connectivity index (χ0v) is 12.6. The van der Waals surface area contributed by atoms with E-state index in [0.29, 0.717) is 6.54 Å². The van der Waals surface area contributed by atoms with Crippen molar-refractivity contribution in [2.75, 3.05) is 19.6 Å². The standard InChI is InChI=1S/C17H23N3O/c1-2-18-12-14-6-5-7-16-15(14)8-11-20(16)13-17(21)19-9-3-4-10-19/h5-8,11,18H,2-4,9-10,12-13H2,1H3. The van der Waals surface area contributed by atoms with Gasteiger partial charge < -0.3 is 14.8 Å². The van der Waals surface area contributed by atoms with Crippen molar-refractivity contribution in [1.82, 2.24) is 14.8 Å². The van der Waals surface area contributed by atoms with Gasteiger partial charge in [0.25, 0.3) is 0 Å². The summed E-state index contributed by atoms with van der Waals surface area (Å²) in [5.41, 5.74) is 2.44. The van der Waals surface area contributed by atoms with E-state index in [1.807, 2.05) is 11.1 Å². The average Bonchev–Trinajstić information content (AvgIpc) is 3.15. The molecular weight excluding hydrogens is 262 g/mol. The lowest BCUT2D eigenvalue weighted by Crippen LogP contribution is -2.30. The van der Waals surface area contributed by atoms with Gasteiger partial charge in [0.1, 0.15) is 6.54 Å². The molecule has 0 spiro atoms. The van der Waals surface area contributed by atoms with Gasteiger partial charge in [0.2, 0.25) is 5.91 Å². The maximum atomic E-state index is 12.3. The number of benzene rings is 1. The highest BCUT2D eigenvalue weighted by atomic mass is 16.2. The van der Waals surface area contributed by atoms with Crippen molar-refractivity contribution in [2.45, 2.75) is 32.9 Å². The Kier molecular flexibility index (Phi) is 4.25. The summed E-state index contributed by atoms with van der Waals surface area (Å²) in [7, 11) is 0. The van der Waals surface area contributed by atoms with Gasteiger partial charge in [0.05, 0.1) is 0 Å². The van der Waals surface area contributed by atoms with Gasteiger partial charge in [-0.05, 0) is 37.1 Å². The number of likely N-dealkylation sites (tertiary alicyclic amines) is 1. The van der Waals surface area contributed by atoms with Crippen LogP contribution in [0.15, 0.2) is 30.5 Å². The molecule has 1 amide bonds. The molecule has 0 bridgehead atoms. The highest BCUT2D eigenvalue weighted by molar-refractivity contribution is 5.86. The Balaban J connectivity index is 1.81. The summed E-state index contributed by atoms with van der Waals surface area (Å²) in [5, 5.41) is 4.61. The van der Waals surface area contributed by atoms with Crippen molar-refractivity contribution < 1.29 is 4.79 Å². The van der Waals surface area contributed by atoms with Gasteiger partial charge in [0, 0.05) is 36.7 Å². The second kappa shape index (κ2) is 6.31. The van der Waals surface area contributed by atoms with Gasteiger partial charge in [0.15, 0.2) is 0 Å². The van der Waals surface area contributed by atoms with E-state index < -0.39 is 0 Å². The molecule has 4 heteroatoms. The van der Waals surface area contributed by atoms with E-state index in [1.54, 1.807) is 0 Å². The predicted octanol–water partition coefficient (Wildman–Crippen LogP) is 2.37. The lowest BCUT2D eigenvalue weighted by molar-refractivity contribution is -0.130. The molecule has 0 aliphatic carbocycles. The van der Waals surface area contributed by atoms with E-state index in [-0.39, 0.29) is 5.91 Å². The molecule has 0 atom stereocenters. The van der Waals surface area contributed by atoms with Crippen LogP contribution in [-0.4, -0.2) is 35.0 Å². The van der Waals surface area contributed by atoms with Crippen molar-refractivity contribution >= 4 is 16.8 Å². The number of hydrogen-bond acceptors (Lipinski definition) is 2. The molecular formula is C17H23N3O. The van der Waals surface area contributed by atoms with Crippen molar-refractivity contribution in [3.05, 3.63) is 36.0 Å². The molecule has 2 heterocycles. The maximum Gasteiger partial charge on any atom is 0.242 e. The summed E-state index contributed by atoms with van der Waals surface area (Å²) < 4.78 is 2.07. The molecule has 1 aliphatic heterocycles. The van der Waals surface area contributed by atoms with Gasteiger partial charge >= 0.3 is 0 Å². The summed E-state index contributed by atoms with van der Waals surface area (Å²) in [5.74, 6) is 0.238. The van der Waals surface area contributed by atoms with E-state index in [9.17, 15) is 4.79 Å². The molecule has 1 aromatic heterocycles. The summed E-state index contributed by atoms with van der Waals surface area (Å²) in [6.45, 7) is 6.24. The number of hydrogen-bond donors (Lipinski definition) is 1. The molecule has 4 nitrogen and oxygen atoms in total. The van der Waals surface area contributed by atoms with Gasteiger partial charge in [-0.15, -0.1) is 0 Å². The van der Waals surface area contributed by atoms with Crippen LogP contribution in [0.4, 0.5) is 0 Å². The largest absolute Gasteiger partial charge is 0.341 e. The smallest absolute Gasteiger partial charge is 0.242 e. The first-order valence-corrected chi connectivity index (χ1v) is 7.85. The summed E-state index contributed by atoms with van der Waals surface area (Å²) in [4.78, 5) is 14.3. The van der Waals surface area contributed by atoms with Crippen LogP contribution in [0.5, 0.6) is 0 Å². The van der Waals surface area contributed by atoms with Crippen LogP contribution >= 0.6 is 0 Å². The SMILES string of the molecule is CCNCc1cccc2c1ccn2CC(=O)N1CCCC1. The third-order valence-corrected chi connectivity index (χ3v) is 4.23. The summed E-state index contributed by atoms with van der Waals surface area (Å²) >= 11 is 0. The Morgan fingerprint density at radius 3 is 2.81 bits per heavy atom. The van der Waals surface area contributed by atoms with Crippen LogP contribution in [0.3, 0.4) is 0 Å². The third-order valence-electron chi connectivity index (χ3n) is 4.23. The second-order valence-corrected chi connectivity index (χ2v) is 5.66. The molecule has 1 aromatic carbocycles. The van der Waals surface area contributed by atoms with E-state index in [0.717, 1.165) is 44.5 Å². The van der Waals surface area contributed by atoms with E-state index in [1.165, 1.54) is 10.9 Å². The highest BCUT2D eigenvalue weighted by Crippen LogP contribution is 2.21. The molecule has 2 aromatic rings. The maximum absolute atomic E-state index is 12.3. The number of amides is 1. The fraction of sp³-hybridized carbons (Fsp3) is 0.471. The van der Waals surface area contributed by atoms with E-state index in [4.69, 9.17) is 0 Å². The molecule has 1 fully saturated rings. The van der Waals surface area contributed by atoms with Gasteiger partial charge in [-0.1, -0.05) is 19.1 Å². The van der Waals surface area contributed by atoms with Crippen molar-refractivity contribution in [3.8, 4) is 0 Å². The molecule has 0 saturated carbocycles. The first-order valence-electron chi connectivity index (χ1n) is 7.85. The lowest BCUT2D eigenvalue weighted by Gasteiger charge is -2.16. The monoisotopic (exact) mass is 285 g/mol.